The smallest absolute Gasteiger partial charge is 0.206 e. The lowest BCUT2D eigenvalue weighted by molar-refractivity contribution is 1.15. The summed E-state index contributed by atoms with van der Waals surface area (Å²) in [4.78, 5) is 0. The molecule has 0 aliphatic heterocycles. The lowest BCUT2D eigenvalue weighted by Crippen LogP contribution is -2.26. The highest BCUT2D eigenvalue weighted by molar-refractivity contribution is 6.19. The summed E-state index contributed by atoms with van der Waals surface area (Å²) in [5.41, 5.74) is 4.98. The molecule has 0 aromatic carbocycles. The predicted octanol–water partition coefficient (Wildman–Crippen LogP) is -0.326. The zero-order valence-corrected chi connectivity index (χ0v) is 4.16. The molecule has 3 N–H and O–H groups in total. The van der Waals surface area contributed by atoms with Crippen LogP contribution >= 0.6 is 11.8 Å². The van der Waals surface area contributed by atoms with E-state index in [9.17, 15) is 0 Å². The van der Waals surface area contributed by atoms with Gasteiger partial charge in [0.15, 0.2) is 0 Å². The minimum absolute atomic E-state index is 0.233. The van der Waals surface area contributed by atoms with Crippen molar-refractivity contribution in [3.8, 4) is 0 Å². The minimum Gasteiger partial charge on any atom is -0.369 e. The van der Waals surface area contributed by atoms with E-state index in [1.807, 2.05) is 0 Å². The summed E-state index contributed by atoms with van der Waals surface area (Å²) in [6.45, 7) is 0. The van der Waals surface area contributed by atoms with Crippen molar-refractivity contribution in [2.45, 2.75) is 0 Å². The Labute approximate surface area is 41.3 Å². The van der Waals surface area contributed by atoms with E-state index in [1.165, 1.54) is 0 Å². The van der Waals surface area contributed by atoms with Crippen LogP contribution in [0.5, 0.6) is 0 Å². The number of nitrogens with zero attached hydrogens (tertiary/aromatic N) is 1. The Morgan fingerprint density at radius 2 is 2.50 bits per heavy atom. The lowest BCUT2D eigenvalue weighted by Gasteiger charge is -1.88. The summed E-state index contributed by atoms with van der Waals surface area (Å²) in [6.07, 6.45) is 0. The zero-order valence-electron chi connectivity index (χ0n) is 3.40. The molecular formula is C2H6ClN3. The molecule has 0 radical (unpaired) electrons. The molecule has 0 unspecified atom stereocenters. The van der Waals surface area contributed by atoms with Crippen LogP contribution in [0, 0.1) is 0 Å². The molecule has 0 rings (SSSR count). The van der Waals surface area contributed by atoms with E-state index in [-0.39, 0.29) is 5.96 Å². The Bertz CT molecular complexity index is 59.8. The highest BCUT2D eigenvalue weighted by Gasteiger charge is 1.73. The maximum Gasteiger partial charge on any atom is 0.206 e. The topological polar surface area (TPSA) is 50.4 Å². The van der Waals surface area contributed by atoms with Gasteiger partial charge in [0.2, 0.25) is 5.96 Å². The molecule has 0 heterocycles. The molecule has 0 aliphatic carbocycles. The van der Waals surface area contributed by atoms with Crippen LogP contribution in [0.3, 0.4) is 0 Å². The van der Waals surface area contributed by atoms with Crippen LogP contribution in [0.15, 0.2) is 4.51 Å². The van der Waals surface area contributed by atoms with Gasteiger partial charge in [0.25, 0.3) is 0 Å². The fourth-order valence-corrected chi connectivity index (χ4v) is 0.127. The number of guanidine groups is 1. The summed E-state index contributed by atoms with van der Waals surface area (Å²) in [5, 5.41) is 2.51. The summed E-state index contributed by atoms with van der Waals surface area (Å²) in [6, 6.07) is 0. The zero-order chi connectivity index (χ0) is 4.99. The van der Waals surface area contributed by atoms with Gasteiger partial charge in [0.1, 0.15) is 0 Å². The third-order valence-electron chi connectivity index (χ3n) is 0.347. The summed E-state index contributed by atoms with van der Waals surface area (Å²) < 4.78 is 3.06. The molecule has 4 heteroatoms. The molecule has 0 aliphatic rings. The first-order chi connectivity index (χ1) is 2.81. The quantitative estimate of drug-likeness (QED) is 0.329. The van der Waals surface area contributed by atoms with Gasteiger partial charge < -0.3 is 11.1 Å². The first-order valence-electron chi connectivity index (χ1n) is 1.43. The average molecular weight is 108 g/mol. The second-order valence-electron chi connectivity index (χ2n) is 0.720. The number of hydrogen-bond acceptors (Lipinski definition) is 1. The maximum absolute atomic E-state index is 4.98. The second-order valence-corrected chi connectivity index (χ2v) is 0.889. The molecule has 0 aromatic rings. The predicted molar refractivity (Wildman–Crippen MR) is 26.5 cm³/mol. The van der Waals surface area contributed by atoms with Crippen LogP contribution in [0.1, 0.15) is 0 Å². The average Bonchev–Trinajstić information content (AvgIpc) is 1.65. The largest absolute Gasteiger partial charge is 0.369 e. The molecule has 3 nitrogen and oxygen atoms in total. The van der Waals surface area contributed by atoms with Crippen LogP contribution < -0.4 is 11.1 Å². The molecule has 0 atom stereocenters. The van der Waals surface area contributed by atoms with Gasteiger partial charge in [0.05, 0.1) is 0 Å². The van der Waals surface area contributed by atoms with E-state index in [0.29, 0.717) is 0 Å². The number of nitrogens with one attached hydrogen (secondary N) is 1. The third kappa shape index (κ3) is 1.84. The van der Waals surface area contributed by atoms with Crippen molar-refractivity contribution in [3.05, 3.63) is 0 Å². The Hall–Kier alpha value is -0.440. The number of halogens is 1. The van der Waals surface area contributed by atoms with Gasteiger partial charge in [-0.3, -0.25) is 0 Å². The van der Waals surface area contributed by atoms with Crippen molar-refractivity contribution in [1.82, 2.24) is 5.32 Å². The molecule has 0 fully saturated rings. The van der Waals surface area contributed by atoms with Crippen molar-refractivity contribution < 1.29 is 0 Å². The number of rotatable bonds is 0. The Kier molecular flexibility index (Phi) is 2.58. The standard InChI is InChI=1S/C2H6ClN3/c1-5-2(4)6-3/h1H3,(H3,4,5,6). The van der Waals surface area contributed by atoms with Crippen LogP contribution in [0.25, 0.3) is 0 Å². The minimum atomic E-state index is 0.233. The summed E-state index contributed by atoms with van der Waals surface area (Å²) >= 11 is 4.85. The van der Waals surface area contributed by atoms with Gasteiger partial charge in [-0.15, -0.1) is 4.51 Å². The summed E-state index contributed by atoms with van der Waals surface area (Å²) in [5.74, 6) is 0.233. The molecule has 0 saturated carbocycles. The van der Waals surface area contributed by atoms with Gasteiger partial charge in [-0.2, -0.15) is 0 Å². The lowest BCUT2D eigenvalue weighted by atomic mass is 11.0. The second kappa shape index (κ2) is 2.78. The van der Waals surface area contributed by atoms with Crippen LogP contribution in [0.2, 0.25) is 0 Å². The molecule has 0 spiro atoms. The van der Waals surface area contributed by atoms with Crippen molar-refractivity contribution in [2.75, 3.05) is 7.05 Å². The van der Waals surface area contributed by atoms with Gasteiger partial charge in [-0.25, -0.2) is 0 Å². The van der Waals surface area contributed by atoms with Crippen molar-refractivity contribution in [1.29, 1.82) is 0 Å². The maximum atomic E-state index is 4.98. The first kappa shape index (κ1) is 5.56. The van der Waals surface area contributed by atoms with E-state index in [0.717, 1.165) is 0 Å². The van der Waals surface area contributed by atoms with E-state index in [1.54, 1.807) is 7.05 Å². The molecular weight excluding hydrogens is 101 g/mol. The van der Waals surface area contributed by atoms with E-state index in [4.69, 9.17) is 17.5 Å². The molecule has 6 heavy (non-hydrogen) atoms. The van der Waals surface area contributed by atoms with Gasteiger partial charge in [-0.1, -0.05) is 0 Å². The normalized spacial score (nSPS) is 11.3. The molecule has 0 amide bonds. The van der Waals surface area contributed by atoms with Crippen LogP contribution in [-0.2, 0) is 0 Å². The van der Waals surface area contributed by atoms with Crippen LogP contribution in [0.4, 0.5) is 0 Å². The number of nitrogens with two attached hydrogens (primary N) is 1. The Morgan fingerprint density at radius 3 is 2.50 bits per heavy atom. The fourth-order valence-electron chi connectivity index (χ4n) is 0.0423. The number of hydrogen-bond donors (Lipinski definition) is 2. The van der Waals surface area contributed by atoms with Gasteiger partial charge >= 0.3 is 0 Å². The van der Waals surface area contributed by atoms with Crippen molar-refractivity contribution in [3.63, 3.8) is 0 Å². The van der Waals surface area contributed by atoms with E-state index >= 15 is 0 Å². The first-order valence-corrected chi connectivity index (χ1v) is 1.77. The van der Waals surface area contributed by atoms with E-state index < -0.39 is 0 Å². The molecule has 0 bridgehead atoms. The SMILES string of the molecule is CN/C(N)=N/Cl. The monoisotopic (exact) mass is 107 g/mol. The third-order valence-corrected chi connectivity index (χ3v) is 0.529. The van der Waals surface area contributed by atoms with E-state index in [2.05, 4.69) is 9.83 Å². The fraction of sp³-hybridized carbons (Fsp3) is 0.500. The van der Waals surface area contributed by atoms with Gasteiger partial charge in [-0.05, 0) is 0 Å². The highest BCUT2D eigenvalue weighted by Crippen LogP contribution is 1.68. The Morgan fingerprint density at radius 1 is 2.00 bits per heavy atom. The molecule has 0 aromatic heterocycles. The van der Waals surface area contributed by atoms with Crippen LogP contribution in [-0.4, -0.2) is 13.0 Å². The van der Waals surface area contributed by atoms with Crippen molar-refractivity contribution >= 4 is 17.7 Å². The molecule has 36 valence electrons. The Balaban J connectivity index is 3.22. The van der Waals surface area contributed by atoms with Gasteiger partial charge in [0, 0.05) is 18.8 Å². The molecule has 0 saturated heterocycles. The van der Waals surface area contributed by atoms with Crippen molar-refractivity contribution in [2.24, 2.45) is 10.2 Å². The highest BCUT2D eigenvalue weighted by atomic mass is 35.5. The summed E-state index contributed by atoms with van der Waals surface area (Å²) in [7, 11) is 1.64.